The molecule has 0 saturated heterocycles. The molecule has 7 nitrogen and oxygen atoms in total. The van der Waals surface area contributed by atoms with Crippen LogP contribution in [0.2, 0.25) is 0 Å². The molecule has 0 radical (unpaired) electrons. The van der Waals surface area contributed by atoms with Crippen molar-refractivity contribution < 1.29 is 23.1 Å². The van der Waals surface area contributed by atoms with E-state index in [2.05, 4.69) is 9.46 Å². The third-order valence-electron chi connectivity index (χ3n) is 2.56. The number of carbonyl (C=O) groups is 1. The maximum Gasteiger partial charge on any atom is 0.326 e. The fraction of sp³-hybridized carbons (Fsp3) is 0.333. The first-order valence-corrected chi connectivity index (χ1v) is 7.05. The summed E-state index contributed by atoms with van der Waals surface area (Å²) in [4.78, 5) is 11.2. The maximum absolute atomic E-state index is 12.1. The van der Waals surface area contributed by atoms with Gasteiger partial charge in [-0.2, -0.15) is 9.98 Å². The summed E-state index contributed by atoms with van der Waals surface area (Å²) >= 11 is 0. The monoisotopic (exact) mass is 298 g/mol. The Hall–Kier alpha value is -1.95. The molecule has 0 aromatic heterocycles. The highest BCUT2D eigenvalue weighted by Gasteiger charge is 2.26. The van der Waals surface area contributed by atoms with Crippen LogP contribution < -0.4 is 4.72 Å². The first-order chi connectivity index (χ1) is 9.35. The lowest BCUT2D eigenvalue weighted by molar-refractivity contribution is -0.143. The summed E-state index contributed by atoms with van der Waals surface area (Å²) in [7, 11) is -2.91. The molecule has 0 heterocycles. The molecule has 0 aliphatic rings. The minimum atomic E-state index is -4.00. The Balaban J connectivity index is 3.11. The van der Waals surface area contributed by atoms with E-state index in [9.17, 15) is 13.2 Å². The van der Waals surface area contributed by atoms with Gasteiger partial charge in [0.05, 0.1) is 30.2 Å². The van der Waals surface area contributed by atoms with Gasteiger partial charge in [-0.05, 0) is 30.7 Å². The number of nitrogens with zero attached hydrogens (tertiary/aromatic N) is 1. The number of benzene rings is 1. The smallest absolute Gasteiger partial charge is 0.326 e. The second-order valence-electron chi connectivity index (χ2n) is 3.97. The number of hydrogen-bond donors (Lipinski definition) is 2. The largest absolute Gasteiger partial charge is 0.468 e. The van der Waals surface area contributed by atoms with Crippen molar-refractivity contribution in [2.45, 2.75) is 17.9 Å². The fourth-order valence-electron chi connectivity index (χ4n) is 1.57. The number of hydrogen-bond acceptors (Lipinski definition) is 6. The van der Waals surface area contributed by atoms with Gasteiger partial charge in [-0.1, -0.05) is 0 Å². The van der Waals surface area contributed by atoms with Crippen LogP contribution in [0.25, 0.3) is 0 Å². The van der Waals surface area contributed by atoms with E-state index in [0.29, 0.717) is 11.1 Å². The van der Waals surface area contributed by atoms with Crippen LogP contribution in [0.1, 0.15) is 11.1 Å². The molecule has 1 aromatic rings. The Morgan fingerprint density at radius 2 is 2.20 bits per heavy atom. The van der Waals surface area contributed by atoms with Gasteiger partial charge in [-0.3, -0.25) is 4.79 Å². The van der Waals surface area contributed by atoms with Gasteiger partial charge < -0.3 is 9.84 Å². The number of ether oxygens (including phenoxy) is 1. The molecule has 8 heteroatoms. The van der Waals surface area contributed by atoms with Crippen LogP contribution >= 0.6 is 0 Å². The summed E-state index contributed by atoms with van der Waals surface area (Å²) in [6.07, 6.45) is 0. The van der Waals surface area contributed by atoms with Crippen molar-refractivity contribution in [1.82, 2.24) is 4.72 Å². The average Bonchev–Trinajstić information content (AvgIpc) is 2.43. The predicted molar refractivity (Wildman–Crippen MR) is 69.1 cm³/mol. The summed E-state index contributed by atoms with van der Waals surface area (Å²) in [6, 6.07) is 4.56. The molecule has 0 spiro atoms. The van der Waals surface area contributed by atoms with Gasteiger partial charge >= 0.3 is 5.97 Å². The number of nitrogens with one attached hydrogen (secondary N) is 1. The highest BCUT2D eigenvalue weighted by Crippen LogP contribution is 2.16. The lowest BCUT2D eigenvalue weighted by atomic mass is 10.2. The summed E-state index contributed by atoms with van der Waals surface area (Å²) in [5.41, 5.74) is 0.686. The molecule has 20 heavy (non-hydrogen) atoms. The Morgan fingerprint density at radius 3 is 2.65 bits per heavy atom. The second-order valence-corrected chi connectivity index (χ2v) is 5.65. The molecule has 1 rings (SSSR count). The van der Waals surface area contributed by atoms with Crippen LogP contribution in [0.5, 0.6) is 0 Å². The van der Waals surface area contributed by atoms with Crippen LogP contribution in [0.3, 0.4) is 0 Å². The van der Waals surface area contributed by atoms with Gasteiger partial charge in [0.1, 0.15) is 6.04 Å². The Morgan fingerprint density at radius 1 is 1.55 bits per heavy atom. The van der Waals surface area contributed by atoms with Crippen molar-refractivity contribution in [2.75, 3.05) is 13.7 Å². The SMILES string of the molecule is COC(=O)C(CO)NS(=O)(=O)c1ccc(C#N)cc1C. The van der Waals surface area contributed by atoms with Gasteiger partial charge in [0.25, 0.3) is 0 Å². The molecule has 0 bridgehead atoms. The fourth-order valence-corrected chi connectivity index (χ4v) is 2.98. The zero-order valence-electron chi connectivity index (χ0n) is 11.0. The van der Waals surface area contributed by atoms with Crippen LogP contribution in [0.4, 0.5) is 0 Å². The molecule has 1 atom stereocenters. The van der Waals surface area contributed by atoms with Gasteiger partial charge in [-0.25, -0.2) is 8.42 Å². The topological polar surface area (TPSA) is 116 Å². The normalized spacial score (nSPS) is 12.5. The highest BCUT2D eigenvalue weighted by atomic mass is 32.2. The molecule has 2 N–H and O–H groups in total. The number of nitriles is 1. The van der Waals surface area contributed by atoms with E-state index in [-0.39, 0.29) is 4.90 Å². The van der Waals surface area contributed by atoms with Gasteiger partial charge in [-0.15, -0.1) is 0 Å². The lowest BCUT2D eigenvalue weighted by Gasteiger charge is -2.15. The van der Waals surface area contributed by atoms with Crippen molar-refractivity contribution in [2.24, 2.45) is 0 Å². The van der Waals surface area contributed by atoms with Crippen LogP contribution in [-0.2, 0) is 19.6 Å². The zero-order valence-corrected chi connectivity index (χ0v) is 11.8. The van der Waals surface area contributed by atoms with Crippen molar-refractivity contribution in [3.05, 3.63) is 29.3 Å². The number of aliphatic hydroxyl groups is 1. The van der Waals surface area contributed by atoms with E-state index in [1.165, 1.54) is 25.1 Å². The number of aliphatic hydroxyl groups excluding tert-OH is 1. The zero-order chi connectivity index (χ0) is 15.3. The lowest BCUT2D eigenvalue weighted by Crippen LogP contribution is -2.44. The predicted octanol–water partition coefficient (Wildman–Crippen LogP) is -0.321. The molecule has 0 saturated carbocycles. The third kappa shape index (κ3) is 3.54. The molecule has 108 valence electrons. The first-order valence-electron chi connectivity index (χ1n) is 5.57. The van der Waals surface area contributed by atoms with E-state index in [1.807, 2.05) is 6.07 Å². The standard InChI is InChI=1S/C12H14N2O5S/c1-8-5-9(6-13)3-4-11(8)20(17,18)14-10(7-15)12(16)19-2/h3-5,10,14-15H,7H2,1-2H3. The van der Waals surface area contributed by atoms with Gasteiger partial charge in [0.15, 0.2) is 0 Å². The van der Waals surface area contributed by atoms with Crippen molar-refractivity contribution in [1.29, 1.82) is 5.26 Å². The quantitative estimate of drug-likeness (QED) is 0.719. The summed E-state index contributed by atoms with van der Waals surface area (Å²) in [5.74, 6) is -0.887. The van der Waals surface area contributed by atoms with E-state index < -0.39 is 28.6 Å². The number of esters is 1. The van der Waals surface area contributed by atoms with Crippen molar-refractivity contribution in [3.63, 3.8) is 0 Å². The number of methoxy groups -OCH3 is 1. The number of sulfonamides is 1. The first kappa shape index (κ1) is 16.1. The second kappa shape index (κ2) is 6.47. The summed E-state index contributed by atoms with van der Waals surface area (Å²) < 4.78 is 30.7. The third-order valence-corrected chi connectivity index (χ3v) is 4.19. The van der Waals surface area contributed by atoms with Crippen LogP contribution in [0.15, 0.2) is 23.1 Å². The Kier molecular flexibility index (Phi) is 5.21. The van der Waals surface area contributed by atoms with Crippen molar-refractivity contribution in [3.8, 4) is 6.07 Å². The maximum atomic E-state index is 12.1. The van der Waals surface area contributed by atoms with Gasteiger partial charge in [0.2, 0.25) is 10.0 Å². The van der Waals surface area contributed by atoms with E-state index in [0.717, 1.165) is 7.11 Å². The molecular weight excluding hydrogens is 284 g/mol. The minimum absolute atomic E-state index is 0.0705. The molecule has 1 aromatic carbocycles. The highest BCUT2D eigenvalue weighted by molar-refractivity contribution is 7.89. The van der Waals surface area contributed by atoms with E-state index in [4.69, 9.17) is 10.4 Å². The molecule has 0 fully saturated rings. The molecule has 0 aliphatic carbocycles. The average molecular weight is 298 g/mol. The molecule has 0 amide bonds. The van der Waals surface area contributed by atoms with E-state index >= 15 is 0 Å². The Labute approximate surface area is 116 Å². The number of aryl methyl sites for hydroxylation is 1. The van der Waals surface area contributed by atoms with Gasteiger partial charge in [0, 0.05) is 0 Å². The summed E-state index contributed by atoms with van der Waals surface area (Å²) in [6.45, 7) is 0.808. The minimum Gasteiger partial charge on any atom is -0.468 e. The molecule has 1 unspecified atom stereocenters. The number of carbonyl (C=O) groups excluding carboxylic acids is 1. The van der Waals surface area contributed by atoms with Crippen LogP contribution in [0, 0.1) is 18.3 Å². The Bertz CT molecular complexity index is 648. The summed E-state index contributed by atoms with van der Waals surface area (Å²) in [5, 5.41) is 17.8. The van der Waals surface area contributed by atoms with Crippen molar-refractivity contribution >= 4 is 16.0 Å². The molecule has 0 aliphatic heterocycles. The van der Waals surface area contributed by atoms with Crippen LogP contribution in [-0.4, -0.2) is 39.3 Å². The van der Waals surface area contributed by atoms with E-state index in [1.54, 1.807) is 0 Å². The molecular formula is C12H14N2O5S. The number of rotatable bonds is 5.